The summed E-state index contributed by atoms with van der Waals surface area (Å²) in [5.74, 6) is 0. The van der Waals surface area contributed by atoms with Crippen molar-refractivity contribution in [3.63, 3.8) is 0 Å². The molecule has 0 aliphatic rings. The highest BCUT2D eigenvalue weighted by Gasteiger charge is 2.13. The SMILES string of the molecule is Br.CC(C)OP(C)(=O)F. The normalized spacial score (nSPS) is 16.6. The third kappa shape index (κ3) is 11.9. The lowest BCUT2D eigenvalue weighted by atomic mass is 10.5. The van der Waals surface area contributed by atoms with Crippen molar-refractivity contribution in [2.24, 2.45) is 0 Å². The van der Waals surface area contributed by atoms with E-state index in [9.17, 15) is 8.76 Å². The molecule has 0 spiro atoms. The van der Waals surface area contributed by atoms with Gasteiger partial charge in [0, 0.05) is 6.66 Å². The molecule has 0 fully saturated rings. The van der Waals surface area contributed by atoms with Crippen LogP contribution in [0, 0.1) is 0 Å². The van der Waals surface area contributed by atoms with E-state index >= 15 is 0 Å². The lowest BCUT2D eigenvalue weighted by Gasteiger charge is -2.06. The van der Waals surface area contributed by atoms with Gasteiger partial charge in [-0.05, 0) is 13.8 Å². The number of hydrogen-bond acceptors (Lipinski definition) is 2. The van der Waals surface area contributed by atoms with Gasteiger partial charge < -0.3 is 4.52 Å². The van der Waals surface area contributed by atoms with Gasteiger partial charge in [0.05, 0.1) is 6.10 Å². The monoisotopic (exact) mass is 220 g/mol. The molecule has 0 aromatic rings. The number of hydrogen-bond donors (Lipinski definition) is 0. The Kier molecular flexibility index (Phi) is 6.04. The van der Waals surface area contributed by atoms with Crippen LogP contribution in [0.2, 0.25) is 0 Å². The predicted molar refractivity (Wildman–Crippen MR) is 41.2 cm³/mol. The van der Waals surface area contributed by atoms with Crippen LogP contribution in [0.1, 0.15) is 13.8 Å². The Morgan fingerprint density at radius 1 is 1.56 bits per heavy atom. The average molecular weight is 221 g/mol. The van der Waals surface area contributed by atoms with E-state index in [4.69, 9.17) is 0 Å². The second kappa shape index (κ2) is 4.42. The molecule has 58 valence electrons. The first-order valence-electron chi connectivity index (χ1n) is 2.37. The zero-order chi connectivity index (χ0) is 6.78. The molecule has 0 N–H and O–H groups in total. The van der Waals surface area contributed by atoms with E-state index in [2.05, 4.69) is 4.52 Å². The molecule has 1 unspecified atom stereocenters. The fourth-order valence-corrected chi connectivity index (χ4v) is 1.13. The minimum absolute atomic E-state index is 0. The van der Waals surface area contributed by atoms with Gasteiger partial charge in [-0.25, -0.2) is 0 Å². The molecule has 0 saturated carbocycles. The maximum Gasteiger partial charge on any atom is 0.364 e. The lowest BCUT2D eigenvalue weighted by Crippen LogP contribution is -1.96. The summed E-state index contributed by atoms with van der Waals surface area (Å²) in [5, 5.41) is 0. The molecule has 0 amide bonds. The van der Waals surface area contributed by atoms with Crippen LogP contribution in [0.25, 0.3) is 0 Å². The van der Waals surface area contributed by atoms with Crippen LogP contribution < -0.4 is 0 Å². The maximum absolute atomic E-state index is 12.0. The molecule has 0 radical (unpaired) electrons. The average Bonchev–Trinajstić information content (AvgIpc) is 1.21. The second-order valence-electron chi connectivity index (χ2n) is 1.90. The first-order valence-corrected chi connectivity index (χ1v) is 4.33. The summed E-state index contributed by atoms with van der Waals surface area (Å²) in [6.45, 7) is 4.22. The van der Waals surface area contributed by atoms with E-state index in [1.54, 1.807) is 13.8 Å². The Morgan fingerprint density at radius 2 is 1.89 bits per heavy atom. The first kappa shape index (κ1) is 12.3. The van der Waals surface area contributed by atoms with Gasteiger partial charge in [-0.2, -0.15) is 4.20 Å². The third-order valence-electron chi connectivity index (χ3n) is 0.399. The molecule has 0 aromatic heterocycles. The number of rotatable bonds is 2. The van der Waals surface area contributed by atoms with E-state index < -0.39 is 7.68 Å². The summed E-state index contributed by atoms with van der Waals surface area (Å²) < 4.78 is 26.4. The van der Waals surface area contributed by atoms with Crippen molar-refractivity contribution in [1.29, 1.82) is 0 Å². The van der Waals surface area contributed by atoms with Gasteiger partial charge in [0.1, 0.15) is 0 Å². The summed E-state index contributed by atoms with van der Waals surface area (Å²) in [5.41, 5.74) is 0. The van der Waals surface area contributed by atoms with Crippen LogP contribution in [0.4, 0.5) is 4.20 Å². The molecule has 0 saturated heterocycles. The maximum atomic E-state index is 12.0. The predicted octanol–water partition coefficient (Wildman–Crippen LogP) is 2.78. The zero-order valence-corrected chi connectivity index (χ0v) is 8.23. The van der Waals surface area contributed by atoms with Crippen molar-refractivity contribution in [3.8, 4) is 0 Å². The van der Waals surface area contributed by atoms with E-state index in [0.717, 1.165) is 6.66 Å². The molecule has 0 rings (SSSR count). The molecule has 0 aliphatic carbocycles. The van der Waals surface area contributed by atoms with Crippen LogP contribution in [-0.4, -0.2) is 12.8 Å². The van der Waals surface area contributed by atoms with Gasteiger partial charge in [0.2, 0.25) is 0 Å². The third-order valence-corrected chi connectivity index (χ3v) is 1.20. The van der Waals surface area contributed by atoms with Gasteiger partial charge in [-0.3, -0.25) is 4.57 Å². The van der Waals surface area contributed by atoms with Crippen molar-refractivity contribution < 1.29 is 13.3 Å². The highest BCUT2D eigenvalue weighted by molar-refractivity contribution is 8.93. The molecule has 9 heavy (non-hydrogen) atoms. The topological polar surface area (TPSA) is 26.3 Å². The minimum Gasteiger partial charge on any atom is -0.303 e. The van der Waals surface area contributed by atoms with E-state index in [-0.39, 0.29) is 23.1 Å². The summed E-state index contributed by atoms with van der Waals surface area (Å²) >= 11 is 0. The summed E-state index contributed by atoms with van der Waals surface area (Å²) in [7, 11) is -3.72. The van der Waals surface area contributed by atoms with Crippen molar-refractivity contribution in [2.75, 3.05) is 6.66 Å². The zero-order valence-electron chi connectivity index (χ0n) is 5.63. The van der Waals surface area contributed by atoms with Gasteiger partial charge in [-0.1, -0.05) is 0 Å². The standard InChI is InChI=1S/C4H10FO2P.BrH/c1-4(2)7-8(3,5)6;/h4H,1-3H3;1H. The van der Waals surface area contributed by atoms with E-state index in [1.165, 1.54) is 0 Å². The summed E-state index contributed by atoms with van der Waals surface area (Å²) in [4.78, 5) is 0. The molecule has 5 heteroatoms. The van der Waals surface area contributed by atoms with Crippen molar-refractivity contribution in [2.45, 2.75) is 20.0 Å². The molecular formula is C4H11BrFO2P. The highest BCUT2D eigenvalue weighted by Crippen LogP contribution is 2.44. The van der Waals surface area contributed by atoms with Crippen molar-refractivity contribution >= 4 is 24.7 Å². The molecular weight excluding hydrogens is 210 g/mol. The molecule has 0 aliphatic heterocycles. The van der Waals surface area contributed by atoms with Gasteiger partial charge >= 0.3 is 7.68 Å². The fraction of sp³-hybridized carbons (Fsp3) is 1.00. The second-order valence-corrected chi connectivity index (χ2v) is 3.61. The first-order chi connectivity index (χ1) is 3.42. The van der Waals surface area contributed by atoms with E-state index in [1.807, 2.05) is 0 Å². The van der Waals surface area contributed by atoms with Gasteiger partial charge in [-0.15, -0.1) is 17.0 Å². The van der Waals surface area contributed by atoms with Crippen LogP contribution in [-0.2, 0) is 9.09 Å². The van der Waals surface area contributed by atoms with Crippen LogP contribution in [0.15, 0.2) is 0 Å². The van der Waals surface area contributed by atoms with Crippen molar-refractivity contribution in [1.82, 2.24) is 0 Å². The lowest BCUT2D eigenvalue weighted by molar-refractivity contribution is 0.227. The minimum atomic E-state index is -3.72. The highest BCUT2D eigenvalue weighted by atomic mass is 79.9. The quantitative estimate of drug-likeness (QED) is 0.670. The van der Waals surface area contributed by atoms with Crippen LogP contribution >= 0.6 is 24.7 Å². The Hall–Kier alpha value is 0.600. The molecule has 0 heterocycles. The van der Waals surface area contributed by atoms with Crippen LogP contribution in [0.5, 0.6) is 0 Å². The largest absolute Gasteiger partial charge is 0.364 e. The fourth-order valence-electron chi connectivity index (χ4n) is 0.377. The van der Waals surface area contributed by atoms with E-state index in [0.29, 0.717) is 0 Å². The van der Waals surface area contributed by atoms with Crippen molar-refractivity contribution in [3.05, 3.63) is 0 Å². The molecule has 0 aromatic carbocycles. The van der Waals surface area contributed by atoms with Gasteiger partial charge in [0.25, 0.3) is 0 Å². The Morgan fingerprint density at radius 3 is 1.89 bits per heavy atom. The molecule has 0 bridgehead atoms. The molecule has 2 nitrogen and oxygen atoms in total. The Balaban J connectivity index is 0. The number of halogens is 2. The Bertz CT molecular complexity index is 111. The summed E-state index contributed by atoms with van der Waals surface area (Å²) in [6.07, 6.45) is -0.296. The smallest absolute Gasteiger partial charge is 0.303 e. The summed E-state index contributed by atoms with van der Waals surface area (Å²) in [6, 6.07) is 0. The molecule has 1 atom stereocenters. The van der Waals surface area contributed by atoms with Crippen LogP contribution in [0.3, 0.4) is 0 Å². The Labute approximate surface area is 65.1 Å². The van der Waals surface area contributed by atoms with Gasteiger partial charge in [0.15, 0.2) is 0 Å².